The number of nitrogens with one attached hydrogen (secondary N) is 1. The average Bonchev–Trinajstić information content (AvgIpc) is 2.39. The van der Waals surface area contributed by atoms with E-state index < -0.39 is 17.3 Å². The molecule has 4 atom stereocenters. The molecule has 0 aliphatic heterocycles. The van der Waals surface area contributed by atoms with Crippen LogP contribution in [0.4, 0.5) is 4.79 Å². The Morgan fingerprint density at radius 3 is 2.32 bits per heavy atom. The van der Waals surface area contributed by atoms with E-state index in [0.717, 1.165) is 18.8 Å². The summed E-state index contributed by atoms with van der Waals surface area (Å²) in [6, 6.07) is 0. The fourth-order valence-corrected chi connectivity index (χ4v) is 3.03. The zero-order valence-corrected chi connectivity index (χ0v) is 16.5. The summed E-state index contributed by atoms with van der Waals surface area (Å²) in [5, 5.41) is 3.50. The molecule has 4 nitrogen and oxygen atoms in total. The van der Waals surface area contributed by atoms with E-state index in [4.69, 9.17) is 9.47 Å². The van der Waals surface area contributed by atoms with Crippen LogP contribution in [0.2, 0.25) is 0 Å². The van der Waals surface area contributed by atoms with Gasteiger partial charge in [-0.05, 0) is 58.8 Å². The van der Waals surface area contributed by atoms with Gasteiger partial charge in [0.15, 0.2) is 0 Å². The Kier molecular flexibility index (Phi) is 7.19. The quantitative estimate of drug-likeness (QED) is 0.717. The van der Waals surface area contributed by atoms with Crippen molar-refractivity contribution in [3.8, 4) is 0 Å². The third-order valence-corrected chi connectivity index (χ3v) is 5.48. The van der Waals surface area contributed by atoms with Gasteiger partial charge in [-0.25, -0.2) is 4.79 Å². The van der Waals surface area contributed by atoms with Gasteiger partial charge in [-0.1, -0.05) is 29.8 Å². The highest BCUT2D eigenvalue weighted by Crippen LogP contribution is 2.33. The Balaban J connectivity index is 2.48. The van der Waals surface area contributed by atoms with Crippen LogP contribution in [-0.4, -0.2) is 35.3 Å². The van der Waals surface area contributed by atoms with E-state index in [2.05, 4.69) is 35.1 Å². The Morgan fingerprint density at radius 1 is 1.18 bits per heavy atom. The summed E-state index contributed by atoms with van der Waals surface area (Å²) in [5.41, 5.74) is -0.896. The number of hydrogen-bond acceptors (Lipinski definition) is 3. The fraction of sp³-hybridized carbons (Fsp3) is 0.941. The van der Waals surface area contributed by atoms with Crippen LogP contribution in [0.1, 0.15) is 60.8 Å². The highest BCUT2D eigenvalue weighted by Gasteiger charge is 2.33. The average molecular weight is 378 g/mol. The summed E-state index contributed by atoms with van der Waals surface area (Å²) >= 11 is 3.52. The lowest BCUT2D eigenvalue weighted by Gasteiger charge is -2.38. The lowest BCUT2D eigenvalue weighted by molar-refractivity contribution is -0.0915. The molecule has 0 saturated heterocycles. The zero-order valence-electron chi connectivity index (χ0n) is 14.9. The number of rotatable bonds is 5. The normalized spacial score (nSPS) is 28.8. The van der Waals surface area contributed by atoms with E-state index in [9.17, 15) is 4.79 Å². The molecular formula is C17H32BrNO3. The summed E-state index contributed by atoms with van der Waals surface area (Å²) in [6.07, 6.45) is 3.28. The molecule has 0 radical (unpaired) electrons. The molecule has 0 bridgehead atoms. The van der Waals surface area contributed by atoms with Crippen LogP contribution in [0.15, 0.2) is 0 Å². The van der Waals surface area contributed by atoms with Crippen LogP contribution in [-0.2, 0) is 9.47 Å². The minimum atomic E-state index is -0.481. The molecule has 1 saturated carbocycles. The van der Waals surface area contributed by atoms with Gasteiger partial charge in [0.05, 0.1) is 18.2 Å². The number of alkyl halides is 1. The molecule has 1 N–H and O–H groups in total. The van der Waals surface area contributed by atoms with E-state index in [1.165, 1.54) is 6.42 Å². The first-order valence-corrected chi connectivity index (χ1v) is 9.37. The van der Waals surface area contributed by atoms with Gasteiger partial charge in [0.2, 0.25) is 0 Å². The van der Waals surface area contributed by atoms with Crippen molar-refractivity contribution in [2.75, 3.05) is 11.9 Å². The lowest BCUT2D eigenvalue weighted by atomic mass is 9.80. The fourth-order valence-electron chi connectivity index (χ4n) is 2.70. The van der Waals surface area contributed by atoms with E-state index in [1.807, 2.05) is 27.7 Å². The summed E-state index contributed by atoms with van der Waals surface area (Å²) in [6.45, 7) is 12.7. The van der Waals surface area contributed by atoms with Gasteiger partial charge in [0, 0.05) is 5.33 Å². The van der Waals surface area contributed by atoms with Gasteiger partial charge < -0.3 is 14.8 Å². The van der Waals surface area contributed by atoms with Crippen LogP contribution >= 0.6 is 15.9 Å². The molecule has 1 aliphatic rings. The Morgan fingerprint density at radius 2 is 1.82 bits per heavy atom. The topological polar surface area (TPSA) is 47.6 Å². The number of carbonyl (C=O) groups excluding carboxylic acids is 1. The van der Waals surface area contributed by atoms with Gasteiger partial charge >= 0.3 is 6.09 Å². The lowest BCUT2D eigenvalue weighted by Crippen LogP contribution is -2.48. The second kappa shape index (κ2) is 8.00. The summed E-state index contributed by atoms with van der Waals surface area (Å²) in [4.78, 5) is 11.8. The Bertz CT molecular complexity index is 369. The second-order valence-corrected chi connectivity index (χ2v) is 8.51. The maximum absolute atomic E-state index is 11.8. The summed E-state index contributed by atoms with van der Waals surface area (Å²) < 4.78 is 11.6. The Hall–Kier alpha value is -0.290. The number of ether oxygens (including phenoxy) is 2. The third-order valence-electron chi connectivity index (χ3n) is 4.29. The van der Waals surface area contributed by atoms with Crippen LogP contribution in [0.3, 0.4) is 0 Å². The molecule has 22 heavy (non-hydrogen) atoms. The van der Waals surface area contributed by atoms with E-state index in [0.29, 0.717) is 17.8 Å². The monoisotopic (exact) mass is 377 g/mol. The minimum absolute atomic E-state index is 0.272. The molecule has 0 aromatic rings. The third kappa shape index (κ3) is 6.86. The molecule has 0 aromatic heterocycles. The molecule has 0 heterocycles. The maximum atomic E-state index is 11.8. The van der Waals surface area contributed by atoms with Crippen molar-refractivity contribution >= 4 is 22.0 Å². The molecule has 130 valence electrons. The molecule has 0 aromatic carbocycles. The molecule has 4 unspecified atom stereocenters. The van der Waals surface area contributed by atoms with Crippen molar-refractivity contribution in [2.24, 2.45) is 11.8 Å². The van der Waals surface area contributed by atoms with E-state index in [-0.39, 0.29) is 6.10 Å². The highest BCUT2D eigenvalue weighted by atomic mass is 79.9. The number of alkyl carbamates (subject to hydrolysis) is 1. The predicted octanol–water partition coefficient (Wildman–Crippen LogP) is 4.51. The molecule has 5 heteroatoms. The first kappa shape index (κ1) is 19.8. The van der Waals surface area contributed by atoms with Crippen LogP contribution in [0, 0.1) is 11.8 Å². The maximum Gasteiger partial charge on any atom is 0.407 e. The second-order valence-electron chi connectivity index (χ2n) is 7.95. The smallest absolute Gasteiger partial charge is 0.407 e. The largest absolute Gasteiger partial charge is 0.444 e. The van der Waals surface area contributed by atoms with E-state index in [1.54, 1.807) is 0 Å². The SMILES string of the molecule is CC1CCC(OC(C)(CBr)CNC(=O)OC(C)(C)C)CC1C. The van der Waals surface area contributed by atoms with Crippen molar-refractivity contribution < 1.29 is 14.3 Å². The van der Waals surface area contributed by atoms with Gasteiger partial charge in [0.1, 0.15) is 5.60 Å². The molecule has 1 rings (SSSR count). The van der Waals surface area contributed by atoms with Crippen molar-refractivity contribution in [1.82, 2.24) is 5.32 Å². The van der Waals surface area contributed by atoms with Crippen LogP contribution in [0.25, 0.3) is 0 Å². The van der Waals surface area contributed by atoms with Crippen LogP contribution in [0.5, 0.6) is 0 Å². The number of hydrogen-bond donors (Lipinski definition) is 1. The molecule has 1 amide bonds. The summed E-state index contributed by atoms with van der Waals surface area (Å²) in [7, 11) is 0. The number of halogens is 1. The zero-order chi connectivity index (χ0) is 17.0. The molecule has 0 spiro atoms. The van der Waals surface area contributed by atoms with Crippen molar-refractivity contribution in [2.45, 2.75) is 78.1 Å². The van der Waals surface area contributed by atoms with Crippen molar-refractivity contribution in [3.05, 3.63) is 0 Å². The molecule has 1 fully saturated rings. The number of carbonyl (C=O) groups is 1. The predicted molar refractivity (Wildman–Crippen MR) is 93.5 cm³/mol. The molecule has 1 aliphatic carbocycles. The van der Waals surface area contributed by atoms with Crippen molar-refractivity contribution in [1.29, 1.82) is 0 Å². The van der Waals surface area contributed by atoms with Gasteiger partial charge in [-0.3, -0.25) is 0 Å². The van der Waals surface area contributed by atoms with Gasteiger partial charge in [0.25, 0.3) is 0 Å². The summed E-state index contributed by atoms with van der Waals surface area (Å²) in [5.74, 6) is 1.46. The Labute approximate surface area is 143 Å². The van der Waals surface area contributed by atoms with Crippen LogP contribution < -0.4 is 5.32 Å². The highest BCUT2D eigenvalue weighted by molar-refractivity contribution is 9.09. The van der Waals surface area contributed by atoms with E-state index >= 15 is 0 Å². The van der Waals surface area contributed by atoms with Crippen molar-refractivity contribution in [3.63, 3.8) is 0 Å². The first-order valence-electron chi connectivity index (χ1n) is 8.25. The molecular weight excluding hydrogens is 346 g/mol. The van der Waals surface area contributed by atoms with Gasteiger partial charge in [-0.2, -0.15) is 0 Å². The standard InChI is InChI=1S/C17H32BrNO3/c1-12-7-8-14(9-13(12)2)21-17(6,10-18)11-19-15(20)22-16(3,4)5/h12-14H,7-11H2,1-6H3,(H,19,20). The number of amides is 1. The van der Waals surface area contributed by atoms with Gasteiger partial charge in [-0.15, -0.1) is 0 Å². The first-order chi connectivity index (χ1) is 10.0. The minimum Gasteiger partial charge on any atom is -0.444 e.